The Balaban J connectivity index is 1.32. The second-order valence-electron chi connectivity index (χ2n) is 8.10. The minimum Gasteiger partial charge on any atom is -0.492 e. The summed E-state index contributed by atoms with van der Waals surface area (Å²) in [6.45, 7) is 7.88. The van der Waals surface area contributed by atoms with Gasteiger partial charge in [-0.2, -0.15) is 0 Å². The number of likely N-dealkylation sites (tertiary alicyclic amines) is 1. The molecule has 2 aromatic heterocycles. The number of benzene rings is 1. The molecule has 0 saturated carbocycles. The number of hydrogen-bond acceptors (Lipinski definition) is 8. The number of ether oxygens (including phenoxy) is 2. The van der Waals surface area contributed by atoms with Crippen LogP contribution in [0.3, 0.4) is 0 Å². The molecule has 3 N–H and O–H groups in total. The van der Waals surface area contributed by atoms with E-state index < -0.39 is 0 Å². The van der Waals surface area contributed by atoms with Crippen molar-refractivity contribution in [3.05, 3.63) is 54.6 Å². The summed E-state index contributed by atoms with van der Waals surface area (Å²) in [6.07, 6.45) is 9.31. The maximum atomic E-state index is 6.20. The lowest BCUT2D eigenvalue weighted by Gasteiger charge is -2.32. The van der Waals surface area contributed by atoms with Crippen molar-refractivity contribution in [3.63, 3.8) is 0 Å². The van der Waals surface area contributed by atoms with E-state index in [0.717, 1.165) is 49.2 Å². The molecule has 3 heterocycles. The predicted molar refractivity (Wildman–Crippen MR) is 130 cm³/mol. The summed E-state index contributed by atoms with van der Waals surface area (Å²) < 4.78 is 11.4. The monoisotopic (exact) mass is 448 g/mol. The molecule has 0 amide bonds. The molecule has 3 aromatic rings. The van der Waals surface area contributed by atoms with E-state index >= 15 is 0 Å². The smallest absolute Gasteiger partial charge is 0.222 e. The summed E-state index contributed by atoms with van der Waals surface area (Å²) in [6, 6.07) is 8.33. The molecule has 33 heavy (non-hydrogen) atoms. The molecule has 1 fully saturated rings. The molecule has 174 valence electrons. The zero-order valence-corrected chi connectivity index (χ0v) is 19.3. The Labute approximate surface area is 195 Å². The quantitative estimate of drug-likeness (QED) is 0.474. The molecule has 0 atom stereocenters. The Morgan fingerprint density at radius 3 is 2.24 bits per heavy atom. The number of nitrogens with one attached hydrogen (secondary N) is 1. The van der Waals surface area contributed by atoms with Gasteiger partial charge in [0.25, 0.3) is 0 Å². The van der Waals surface area contributed by atoms with Crippen molar-refractivity contribution in [1.29, 1.82) is 0 Å². The van der Waals surface area contributed by atoms with E-state index in [9.17, 15) is 0 Å². The normalized spacial score (nSPS) is 14.7. The van der Waals surface area contributed by atoms with E-state index in [1.54, 1.807) is 6.20 Å². The van der Waals surface area contributed by atoms with E-state index in [1.807, 2.05) is 56.7 Å². The van der Waals surface area contributed by atoms with Crippen molar-refractivity contribution < 1.29 is 9.47 Å². The highest BCUT2D eigenvalue weighted by molar-refractivity contribution is 5.64. The fourth-order valence-corrected chi connectivity index (χ4v) is 4.06. The first-order valence-corrected chi connectivity index (χ1v) is 11.6. The summed E-state index contributed by atoms with van der Waals surface area (Å²) in [5, 5.41) is 3.48. The number of aromatic nitrogens is 3. The Bertz CT molecular complexity index is 994. The number of piperidine rings is 1. The van der Waals surface area contributed by atoms with Gasteiger partial charge in [0.05, 0.1) is 13.2 Å². The molecule has 0 radical (unpaired) electrons. The zero-order chi connectivity index (χ0) is 23.0. The van der Waals surface area contributed by atoms with Crippen LogP contribution in [0, 0.1) is 0 Å². The summed E-state index contributed by atoms with van der Waals surface area (Å²) >= 11 is 0. The minimum atomic E-state index is 0.356. The first-order valence-electron chi connectivity index (χ1n) is 11.6. The number of pyridine rings is 1. The molecule has 0 bridgehead atoms. The van der Waals surface area contributed by atoms with Gasteiger partial charge in [0.15, 0.2) is 0 Å². The molecule has 1 aliphatic rings. The number of rotatable bonds is 9. The van der Waals surface area contributed by atoms with Crippen molar-refractivity contribution in [2.45, 2.75) is 39.3 Å². The van der Waals surface area contributed by atoms with Gasteiger partial charge in [0.1, 0.15) is 17.2 Å². The van der Waals surface area contributed by atoms with Gasteiger partial charge in [-0.25, -0.2) is 9.97 Å². The highest BCUT2D eigenvalue weighted by Crippen LogP contribution is 2.34. The van der Waals surface area contributed by atoms with Crippen LogP contribution in [0.4, 0.5) is 11.6 Å². The van der Waals surface area contributed by atoms with Gasteiger partial charge in [0.2, 0.25) is 5.95 Å². The number of hydrogen-bond donors (Lipinski definition) is 2. The van der Waals surface area contributed by atoms with Gasteiger partial charge >= 0.3 is 0 Å². The summed E-state index contributed by atoms with van der Waals surface area (Å²) in [7, 11) is 0. The van der Waals surface area contributed by atoms with Gasteiger partial charge in [-0.05, 0) is 50.5 Å². The van der Waals surface area contributed by atoms with Gasteiger partial charge in [-0.1, -0.05) is 6.07 Å². The highest BCUT2D eigenvalue weighted by Gasteiger charge is 2.21. The van der Waals surface area contributed by atoms with Crippen molar-refractivity contribution in [2.24, 2.45) is 0 Å². The highest BCUT2D eigenvalue weighted by atomic mass is 16.5. The first kappa shape index (κ1) is 22.8. The minimum absolute atomic E-state index is 0.356. The van der Waals surface area contributed by atoms with Crippen LogP contribution >= 0.6 is 0 Å². The molecule has 0 unspecified atom stereocenters. The third kappa shape index (κ3) is 5.90. The molecule has 1 saturated heterocycles. The second kappa shape index (κ2) is 11.0. The number of anilines is 2. The first-order chi connectivity index (χ1) is 16.2. The largest absolute Gasteiger partial charge is 0.492 e. The van der Waals surface area contributed by atoms with Crippen LogP contribution in [0.1, 0.15) is 32.3 Å². The van der Waals surface area contributed by atoms with Crippen LogP contribution in [0.2, 0.25) is 0 Å². The Kier molecular flexibility index (Phi) is 7.57. The van der Waals surface area contributed by atoms with Gasteiger partial charge in [-0.15, -0.1) is 0 Å². The Morgan fingerprint density at radius 1 is 1.00 bits per heavy atom. The molecule has 4 rings (SSSR count). The van der Waals surface area contributed by atoms with Gasteiger partial charge in [0, 0.05) is 61.6 Å². The van der Waals surface area contributed by atoms with Crippen LogP contribution in [0.5, 0.6) is 11.5 Å². The van der Waals surface area contributed by atoms with Crippen molar-refractivity contribution in [2.75, 3.05) is 37.4 Å². The van der Waals surface area contributed by atoms with E-state index in [0.29, 0.717) is 42.4 Å². The van der Waals surface area contributed by atoms with Crippen molar-refractivity contribution >= 4 is 11.6 Å². The fraction of sp³-hybridized carbons (Fsp3) is 0.400. The second-order valence-corrected chi connectivity index (χ2v) is 8.10. The van der Waals surface area contributed by atoms with Gasteiger partial charge in [-0.3, -0.25) is 9.88 Å². The number of nitrogens with zero attached hydrogens (tertiary/aromatic N) is 4. The Morgan fingerprint density at radius 2 is 1.67 bits per heavy atom. The molecule has 0 aliphatic carbocycles. The number of nitrogen functional groups attached to an aromatic ring is 1. The molecule has 8 nitrogen and oxygen atoms in total. The predicted octanol–water partition coefficient (Wildman–Crippen LogP) is 3.99. The van der Waals surface area contributed by atoms with Gasteiger partial charge < -0.3 is 20.5 Å². The van der Waals surface area contributed by atoms with E-state index in [-0.39, 0.29) is 0 Å². The SMILES string of the molecule is CCOc1cc(CN2CCC(Nc3ncc(-c4cccnc4)cn3)CC2)cc(OCC)c1N. The van der Waals surface area contributed by atoms with Crippen LogP contribution in [-0.2, 0) is 6.54 Å². The lowest BCUT2D eigenvalue weighted by atomic mass is 10.0. The average Bonchev–Trinajstić information content (AvgIpc) is 2.84. The van der Waals surface area contributed by atoms with Crippen LogP contribution in [0.15, 0.2) is 49.1 Å². The van der Waals surface area contributed by atoms with Crippen LogP contribution in [0.25, 0.3) is 11.1 Å². The third-order valence-electron chi connectivity index (χ3n) is 5.74. The van der Waals surface area contributed by atoms with Crippen LogP contribution < -0.4 is 20.5 Å². The van der Waals surface area contributed by atoms with Crippen molar-refractivity contribution in [3.8, 4) is 22.6 Å². The summed E-state index contributed by atoms with van der Waals surface area (Å²) in [4.78, 5) is 15.6. The zero-order valence-electron chi connectivity index (χ0n) is 19.3. The molecule has 8 heteroatoms. The fourth-order valence-electron chi connectivity index (χ4n) is 4.06. The summed E-state index contributed by atoms with van der Waals surface area (Å²) in [5.41, 5.74) is 9.90. The molecule has 0 spiro atoms. The van der Waals surface area contributed by atoms with Crippen molar-refractivity contribution in [1.82, 2.24) is 19.9 Å². The lowest BCUT2D eigenvalue weighted by molar-refractivity contribution is 0.210. The van der Waals surface area contributed by atoms with E-state index in [4.69, 9.17) is 15.2 Å². The molecule has 1 aliphatic heterocycles. The maximum Gasteiger partial charge on any atom is 0.222 e. The average molecular weight is 449 g/mol. The Hall–Kier alpha value is -3.39. The van der Waals surface area contributed by atoms with E-state index in [2.05, 4.69) is 25.2 Å². The van der Waals surface area contributed by atoms with Crippen LogP contribution in [-0.4, -0.2) is 52.2 Å². The topological polar surface area (TPSA) is 98.4 Å². The summed E-state index contributed by atoms with van der Waals surface area (Å²) in [5.74, 6) is 2.06. The molecular formula is C25H32N6O2. The third-order valence-corrected chi connectivity index (χ3v) is 5.74. The lowest BCUT2D eigenvalue weighted by Crippen LogP contribution is -2.39. The van der Waals surface area contributed by atoms with E-state index in [1.165, 1.54) is 0 Å². The number of nitrogens with two attached hydrogens (primary N) is 1. The maximum absolute atomic E-state index is 6.20. The standard InChI is InChI=1S/C25H32N6O2/c1-3-32-22-12-18(13-23(24(22)26)33-4-2)17-31-10-7-21(8-11-31)30-25-28-15-20(16-29-25)19-6-5-9-27-14-19/h5-6,9,12-16,21H,3-4,7-8,10-11,17,26H2,1-2H3,(H,28,29,30). The molecule has 1 aromatic carbocycles. The molecular weight excluding hydrogens is 416 g/mol.